The van der Waals surface area contributed by atoms with Crippen LogP contribution in [0.5, 0.6) is 11.6 Å². The number of pyridine rings is 3. The fourth-order valence-corrected chi connectivity index (χ4v) is 2.89. The summed E-state index contributed by atoms with van der Waals surface area (Å²) in [4.78, 5) is 12.3. The van der Waals surface area contributed by atoms with E-state index < -0.39 is 17.5 Å². The monoisotopic (exact) mass is 456 g/mol. The highest BCUT2D eigenvalue weighted by Crippen LogP contribution is 2.34. The van der Waals surface area contributed by atoms with Crippen molar-refractivity contribution in [3.63, 3.8) is 0 Å². The van der Waals surface area contributed by atoms with E-state index in [1.54, 1.807) is 44.3 Å². The second-order valence-electron chi connectivity index (χ2n) is 7.58. The Bertz CT molecular complexity index is 1250. The minimum Gasteiger partial charge on any atom is -0.439 e. The van der Waals surface area contributed by atoms with Crippen molar-refractivity contribution in [3.8, 4) is 17.3 Å². The summed E-state index contributed by atoms with van der Waals surface area (Å²) in [5.41, 5.74) is -0.834. The van der Waals surface area contributed by atoms with Gasteiger partial charge in [-0.25, -0.2) is 4.98 Å². The van der Waals surface area contributed by atoms with Crippen LogP contribution in [0.15, 0.2) is 67.3 Å². The fraction of sp³-hybridized carbons (Fsp3) is 0.182. The highest BCUT2D eigenvalue weighted by Gasteiger charge is 2.35. The second-order valence-corrected chi connectivity index (χ2v) is 7.58. The van der Waals surface area contributed by atoms with Crippen molar-refractivity contribution in [3.05, 3.63) is 78.6 Å². The van der Waals surface area contributed by atoms with Crippen molar-refractivity contribution in [1.29, 1.82) is 0 Å². The number of alkyl halides is 3. The molecular weight excluding hydrogens is 437 g/mol. The summed E-state index contributed by atoms with van der Waals surface area (Å²) in [5.74, 6) is 0.479. The molecule has 0 unspecified atom stereocenters. The van der Waals surface area contributed by atoms with Crippen LogP contribution in [-0.4, -0.2) is 29.8 Å². The largest absolute Gasteiger partial charge is 0.439 e. The van der Waals surface area contributed by atoms with Crippen LogP contribution in [0.3, 0.4) is 0 Å². The molecule has 0 aliphatic rings. The van der Waals surface area contributed by atoms with E-state index in [1.807, 2.05) is 0 Å². The molecule has 0 aliphatic carbocycles. The molecule has 0 bridgehead atoms. The second kappa shape index (κ2) is 8.51. The third-order valence-corrected chi connectivity index (χ3v) is 4.47. The smallest absolute Gasteiger partial charge is 0.435 e. The number of nitrogens with one attached hydrogen (secondary N) is 1. The Kier molecular flexibility index (Phi) is 5.73. The molecule has 4 rings (SSSR count). The number of hydrogen-bond acceptors (Lipinski definition) is 7. The molecule has 0 aliphatic heterocycles. The van der Waals surface area contributed by atoms with Crippen LogP contribution in [0.1, 0.15) is 25.2 Å². The molecule has 33 heavy (non-hydrogen) atoms. The summed E-state index contributed by atoms with van der Waals surface area (Å²) in [5, 5.41) is 16.8. The maximum absolute atomic E-state index is 13.3. The molecule has 0 saturated heterocycles. The van der Waals surface area contributed by atoms with Crippen LogP contribution in [0.4, 0.5) is 24.7 Å². The van der Waals surface area contributed by atoms with Gasteiger partial charge < -0.3 is 15.2 Å². The van der Waals surface area contributed by atoms with Crippen molar-refractivity contribution < 1.29 is 23.0 Å². The van der Waals surface area contributed by atoms with E-state index in [1.165, 1.54) is 30.7 Å². The molecule has 4 aromatic rings. The molecule has 0 spiro atoms. The SMILES string of the molecule is CC(C)(O)c1cc(Nc2cc(Oc3cc(C(F)(F)F)nn3-c3cccnc3)ccn2)ccn1. The van der Waals surface area contributed by atoms with Gasteiger partial charge in [0.25, 0.3) is 0 Å². The van der Waals surface area contributed by atoms with Crippen LogP contribution in [-0.2, 0) is 11.8 Å². The van der Waals surface area contributed by atoms with E-state index in [4.69, 9.17) is 4.74 Å². The fourth-order valence-electron chi connectivity index (χ4n) is 2.89. The lowest BCUT2D eigenvalue weighted by Crippen LogP contribution is -2.17. The van der Waals surface area contributed by atoms with Gasteiger partial charge in [0.15, 0.2) is 5.69 Å². The molecule has 2 N–H and O–H groups in total. The number of aromatic nitrogens is 5. The zero-order valence-corrected chi connectivity index (χ0v) is 17.6. The first-order valence-electron chi connectivity index (χ1n) is 9.77. The molecule has 8 nitrogen and oxygen atoms in total. The summed E-state index contributed by atoms with van der Waals surface area (Å²) >= 11 is 0. The minimum absolute atomic E-state index is 0.138. The Morgan fingerprint density at radius 3 is 2.45 bits per heavy atom. The van der Waals surface area contributed by atoms with Gasteiger partial charge in [0.1, 0.15) is 17.2 Å². The summed E-state index contributed by atoms with van der Waals surface area (Å²) in [7, 11) is 0. The van der Waals surface area contributed by atoms with Gasteiger partial charge >= 0.3 is 6.18 Å². The van der Waals surface area contributed by atoms with E-state index >= 15 is 0 Å². The molecule has 0 atom stereocenters. The number of nitrogens with zero attached hydrogens (tertiary/aromatic N) is 5. The van der Waals surface area contributed by atoms with Crippen molar-refractivity contribution in [2.24, 2.45) is 0 Å². The van der Waals surface area contributed by atoms with Crippen molar-refractivity contribution >= 4 is 11.5 Å². The molecule has 170 valence electrons. The molecule has 4 aromatic heterocycles. The van der Waals surface area contributed by atoms with Crippen LogP contribution in [0.25, 0.3) is 5.69 Å². The van der Waals surface area contributed by atoms with Gasteiger partial charge in [0.05, 0.1) is 17.6 Å². The summed E-state index contributed by atoms with van der Waals surface area (Å²) < 4.78 is 46.6. The van der Waals surface area contributed by atoms with Crippen molar-refractivity contribution in [2.75, 3.05) is 5.32 Å². The lowest BCUT2D eigenvalue weighted by atomic mass is 10.0. The highest BCUT2D eigenvalue weighted by molar-refractivity contribution is 5.57. The number of hydrogen-bond donors (Lipinski definition) is 2. The third kappa shape index (κ3) is 5.26. The quantitative estimate of drug-likeness (QED) is 0.428. The normalized spacial score (nSPS) is 11.9. The summed E-state index contributed by atoms with van der Waals surface area (Å²) in [6, 6.07) is 10.4. The van der Waals surface area contributed by atoms with E-state index in [2.05, 4.69) is 25.4 Å². The maximum atomic E-state index is 13.3. The lowest BCUT2D eigenvalue weighted by Gasteiger charge is -2.17. The first-order chi connectivity index (χ1) is 15.6. The Balaban J connectivity index is 1.62. The zero-order valence-electron chi connectivity index (χ0n) is 17.6. The molecule has 0 aromatic carbocycles. The van der Waals surface area contributed by atoms with Crippen molar-refractivity contribution in [2.45, 2.75) is 25.6 Å². The van der Waals surface area contributed by atoms with Crippen LogP contribution >= 0.6 is 0 Å². The van der Waals surface area contributed by atoms with Gasteiger partial charge in [-0.15, -0.1) is 0 Å². The Hall–Kier alpha value is -3.99. The highest BCUT2D eigenvalue weighted by atomic mass is 19.4. The molecule has 0 fully saturated rings. The van der Waals surface area contributed by atoms with Gasteiger partial charge in [-0.1, -0.05) is 0 Å². The molecule has 0 saturated carbocycles. The first-order valence-corrected chi connectivity index (χ1v) is 9.77. The maximum Gasteiger partial charge on any atom is 0.435 e. The number of rotatable bonds is 6. The number of ether oxygens (including phenoxy) is 1. The first kappa shape index (κ1) is 22.2. The third-order valence-electron chi connectivity index (χ3n) is 4.47. The van der Waals surface area contributed by atoms with Crippen LogP contribution in [0.2, 0.25) is 0 Å². The lowest BCUT2D eigenvalue weighted by molar-refractivity contribution is -0.141. The summed E-state index contributed by atoms with van der Waals surface area (Å²) in [6.45, 7) is 3.23. The predicted molar refractivity (Wildman–Crippen MR) is 113 cm³/mol. The van der Waals surface area contributed by atoms with Crippen molar-refractivity contribution in [1.82, 2.24) is 24.7 Å². The molecule has 0 amide bonds. The number of halogens is 3. The van der Waals surface area contributed by atoms with E-state index in [0.717, 1.165) is 10.7 Å². The summed E-state index contributed by atoms with van der Waals surface area (Å²) in [6.07, 6.45) is 1.23. The topological polar surface area (TPSA) is 98.0 Å². The number of anilines is 2. The molecule has 0 radical (unpaired) electrons. The minimum atomic E-state index is -4.64. The van der Waals surface area contributed by atoms with Crippen LogP contribution in [0, 0.1) is 0 Å². The van der Waals surface area contributed by atoms with Crippen LogP contribution < -0.4 is 10.1 Å². The molecular formula is C22H19F3N6O2. The zero-order chi connectivity index (χ0) is 23.6. The predicted octanol–water partition coefficient (Wildman–Crippen LogP) is 4.84. The average Bonchev–Trinajstić information content (AvgIpc) is 3.19. The van der Waals surface area contributed by atoms with E-state index in [0.29, 0.717) is 22.9 Å². The standard InChI is InChI=1S/C22H19F3N6O2/c1-21(2,32)17-10-14(5-8-27-17)29-19-11-16(6-9-28-19)33-20-12-18(22(23,24)25)30-31(20)15-4-3-7-26-13-15/h3-13,32H,1-2H3,(H,27,28,29). The van der Waals surface area contributed by atoms with E-state index in [9.17, 15) is 18.3 Å². The molecule has 4 heterocycles. The average molecular weight is 456 g/mol. The Morgan fingerprint density at radius 1 is 0.970 bits per heavy atom. The van der Waals surface area contributed by atoms with Gasteiger partial charge in [0, 0.05) is 36.4 Å². The van der Waals surface area contributed by atoms with Gasteiger partial charge in [-0.3, -0.25) is 9.97 Å². The van der Waals surface area contributed by atoms with Gasteiger partial charge in [-0.05, 0) is 44.2 Å². The van der Waals surface area contributed by atoms with E-state index in [-0.39, 0.29) is 11.6 Å². The Morgan fingerprint density at radius 2 is 1.76 bits per heavy atom. The Labute approximate surface area is 186 Å². The number of aliphatic hydroxyl groups is 1. The van der Waals surface area contributed by atoms with Gasteiger partial charge in [0.2, 0.25) is 5.88 Å². The molecule has 11 heteroatoms. The van der Waals surface area contributed by atoms with Gasteiger partial charge in [-0.2, -0.15) is 23.0 Å².